The molecule has 0 saturated heterocycles. The molecule has 1 saturated carbocycles. The van der Waals surface area contributed by atoms with E-state index in [0.717, 1.165) is 18.4 Å². The molecule has 3 heteroatoms. The van der Waals surface area contributed by atoms with E-state index in [0.29, 0.717) is 12.5 Å². The van der Waals surface area contributed by atoms with E-state index in [1.165, 1.54) is 5.56 Å². The lowest BCUT2D eigenvalue weighted by atomic mass is 10.0. The highest BCUT2D eigenvalue weighted by atomic mass is 16.3. The Kier molecular flexibility index (Phi) is 6.21. The zero-order valence-corrected chi connectivity index (χ0v) is 13.8. The van der Waals surface area contributed by atoms with Gasteiger partial charge in [0.2, 0.25) is 5.91 Å². The predicted molar refractivity (Wildman–Crippen MR) is 93.2 cm³/mol. The van der Waals surface area contributed by atoms with E-state index >= 15 is 0 Å². The normalized spacial score (nSPS) is 13.2. The number of hydrogen-bond donors (Lipinski definition) is 2. The molecule has 0 aromatic heterocycles. The highest BCUT2D eigenvalue weighted by Gasteiger charge is 2.29. The van der Waals surface area contributed by atoms with Crippen molar-refractivity contribution in [2.24, 2.45) is 5.92 Å². The molecule has 0 radical (unpaired) electrons. The molecule has 3 nitrogen and oxygen atoms in total. The largest absolute Gasteiger partial charge is 0.508 e. The molecule has 122 valence electrons. The van der Waals surface area contributed by atoms with Crippen molar-refractivity contribution in [2.75, 3.05) is 0 Å². The SMILES string of the molecule is CC(C)c1ccccc1.O=C(NCc1ccccc1O)C1CC1. The molecule has 0 unspecified atom stereocenters. The molecular formula is C20H25NO2. The smallest absolute Gasteiger partial charge is 0.223 e. The maximum Gasteiger partial charge on any atom is 0.223 e. The van der Waals surface area contributed by atoms with Crippen LogP contribution in [0.2, 0.25) is 0 Å². The van der Waals surface area contributed by atoms with E-state index in [-0.39, 0.29) is 17.6 Å². The average Bonchev–Trinajstić information content (AvgIpc) is 3.40. The van der Waals surface area contributed by atoms with Gasteiger partial charge in [-0.3, -0.25) is 4.79 Å². The van der Waals surface area contributed by atoms with Gasteiger partial charge in [-0.1, -0.05) is 62.4 Å². The fourth-order valence-corrected chi connectivity index (χ4v) is 2.17. The number of benzene rings is 2. The van der Waals surface area contributed by atoms with Gasteiger partial charge < -0.3 is 10.4 Å². The Morgan fingerprint density at radius 1 is 1.09 bits per heavy atom. The topological polar surface area (TPSA) is 49.3 Å². The van der Waals surface area contributed by atoms with Gasteiger partial charge in [0.1, 0.15) is 5.75 Å². The van der Waals surface area contributed by atoms with Crippen molar-refractivity contribution < 1.29 is 9.90 Å². The quantitative estimate of drug-likeness (QED) is 0.888. The fraction of sp³-hybridized carbons (Fsp3) is 0.350. The van der Waals surface area contributed by atoms with Crippen molar-refractivity contribution in [3.8, 4) is 5.75 Å². The molecule has 1 amide bonds. The average molecular weight is 311 g/mol. The Morgan fingerprint density at radius 2 is 1.70 bits per heavy atom. The first-order valence-corrected chi connectivity index (χ1v) is 8.17. The second kappa shape index (κ2) is 8.37. The van der Waals surface area contributed by atoms with Crippen LogP contribution in [-0.4, -0.2) is 11.0 Å². The van der Waals surface area contributed by atoms with Crippen molar-refractivity contribution in [2.45, 2.75) is 39.2 Å². The van der Waals surface area contributed by atoms with Crippen molar-refractivity contribution >= 4 is 5.91 Å². The van der Waals surface area contributed by atoms with Crippen LogP contribution in [0.3, 0.4) is 0 Å². The maximum absolute atomic E-state index is 11.3. The van der Waals surface area contributed by atoms with Crippen LogP contribution in [0.4, 0.5) is 0 Å². The third kappa shape index (κ3) is 5.78. The van der Waals surface area contributed by atoms with E-state index in [2.05, 4.69) is 43.4 Å². The molecule has 0 atom stereocenters. The molecule has 1 aliphatic carbocycles. The summed E-state index contributed by atoms with van der Waals surface area (Å²) in [5.41, 5.74) is 2.18. The molecule has 1 aliphatic rings. The lowest BCUT2D eigenvalue weighted by molar-refractivity contribution is -0.122. The van der Waals surface area contributed by atoms with Gasteiger partial charge in [-0.15, -0.1) is 0 Å². The molecule has 2 aromatic carbocycles. The highest BCUT2D eigenvalue weighted by molar-refractivity contribution is 5.80. The molecular weight excluding hydrogens is 286 g/mol. The van der Waals surface area contributed by atoms with Crippen LogP contribution in [0.25, 0.3) is 0 Å². The number of carbonyl (C=O) groups is 1. The molecule has 2 N–H and O–H groups in total. The summed E-state index contributed by atoms with van der Waals surface area (Å²) >= 11 is 0. The Bertz CT molecular complexity index is 619. The second-order valence-corrected chi connectivity index (χ2v) is 6.19. The Hall–Kier alpha value is -2.29. The lowest BCUT2D eigenvalue weighted by Crippen LogP contribution is -2.24. The van der Waals surface area contributed by atoms with Gasteiger partial charge in [-0.2, -0.15) is 0 Å². The van der Waals surface area contributed by atoms with Crippen LogP contribution in [-0.2, 0) is 11.3 Å². The third-order valence-electron chi connectivity index (χ3n) is 3.86. The summed E-state index contributed by atoms with van der Waals surface area (Å²) in [6.45, 7) is 4.83. The van der Waals surface area contributed by atoms with E-state index in [9.17, 15) is 9.90 Å². The van der Waals surface area contributed by atoms with Crippen LogP contribution < -0.4 is 5.32 Å². The number of carbonyl (C=O) groups excluding carboxylic acids is 1. The zero-order valence-electron chi connectivity index (χ0n) is 13.8. The van der Waals surface area contributed by atoms with Gasteiger partial charge in [0, 0.05) is 18.0 Å². The van der Waals surface area contributed by atoms with E-state index in [1.54, 1.807) is 12.1 Å². The molecule has 0 heterocycles. The number of amides is 1. The monoisotopic (exact) mass is 311 g/mol. The first-order chi connectivity index (χ1) is 11.1. The number of hydrogen-bond acceptors (Lipinski definition) is 2. The predicted octanol–water partition coefficient (Wildman–Crippen LogP) is 4.23. The number of aromatic hydroxyl groups is 1. The number of rotatable bonds is 4. The molecule has 0 bridgehead atoms. The van der Waals surface area contributed by atoms with Crippen molar-refractivity contribution in [1.29, 1.82) is 0 Å². The zero-order chi connectivity index (χ0) is 16.7. The number of phenolic OH excluding ortho intramolecular Hbond substituents is 1. The summed E-state index contributed by atoms with van der Waals surface area (Å²) in [5.74, 6) is 1.23. The molecule has 23 heavy (non-hydrogen) atoms. The van der Waals surface area contributed by atoms with Gasteiger partial charge in [0.15, 0.2) is 0 Å². The minimum Gasteiger partial charge on any atom is -0.508 e. The standard InChI is InChI=1S/C11H13NO2.C9H12/c13-10-4-2-1-3-9(10)7-12-11(14)8-5-6-8;1-8(2)9-6-4-3-5-7-9/h1-4,8,13H,5-7H2,(H,12,14);3-8H,1-2H3. The van der Waals surface area contributed by atoms with Gasteiger partial charge in [-0.25, -0.2) is 0 Å². The molecule has 3 rings (SSSR count). The maximum atomic E-state index is 11.3. The molecule has 1 fully saturated rings. The molecule has 0 aliphatic heterocycles. The highest BCUT2D eigenvalue weighted by Crippen LogP contribution is 2.29. The fourth-order valence-electron chi connectivity index (χ4n) is 2.17. The molecule has 0 spiro atoms. The third-order valence-corrected chi connectivity index (χ3v) is 3.86. The van der Waals surface area contributed by atoms with Crippen LogP contribution in [0, 0.1) is 5.92 Å². The summed E-state index contributed by atoms with van der Waals surface area (Å²) in [6, 6.07) is 17.6. The second-order valence-electron chi connectivity index (χ2n) is 6.19. The molecule has 2 aromatic rings. The first kappa shape index (κ1) is 17.1. The minimum atomic E-state index is 0.105. The van der Waals surface area contributed by atoms with Crippen molar-refractivity contribution in [3.05, 3.63) is 65.7 Å². The van der Waals surface area contributed by atoms with Crippen LogP contribution >= 0.6 is 0 Å². The van der Waals surface area contributed by atoms with Crippen LogP contribution in [0.1, 0.15) is 43.7 Å². The van der Waals surface area contributed by atoms with Crippen molar-refractivity contribution in [1.82, 2.24) is 5.32 Å². The number of nitrogens with one attached hydrogen (secondary N) is 1. The summed E-state index contributed by atoms with van der Waals surface area (Å²) in [4.78, 5) is 11.3. The van der Waals surface area contributed by atoms with E-state index < -0.39 is 0 Å². The lowest BCUT2D eigenvalue weighted by Gasteiger charge is -2.05. The summed E-state index contributed by atoms with van der Waals surface area (Å²) < 4.78 is 0. The summed E-state index contributed by atoms with van der Waals surface area (Å²) in [5, 5.41) is 12.2. The van der Waals surface area contributed by atoms with Gasteiger partial charge in [0.05, 0.1) is 0 Å². The van der Waals surface area contributed by atoms with Gasteiger partial charge in [0.25, 0.3) is 0 Å². The van der Waals surface area contributed by atoms with Crippen molar-refractivity contribution in [3.63, 3.8) is 0 Å². The Labute approximate surface area is 138 Å². The van der Waals surface area contributed by atoms with Gasteiger partial charge >= 0.3 is 0 Å². The van der Waals surface area contributed by atoms with Crippen LogP contribution in [0.5, 0.6) is 5.75 Å². The van der Waals surface area contributed by atoms with E-state index in [4.69, 9.17) is 0 Å². The Morgan fingerprint density at radius 3 is 2.22 bits per heavy atom. The van der Waals surface area contributed by atoms with Gasteiger partial charge in [-0.05, 0) is 30.4 Å². The number of para-hydroxylation sites is 1. The van der Waals surface area contributed by atoms with E-state index in [1.807, 2.05) is 18.2 Å². The number of phenols is 1. The summed E-state index contributed by atoms with van der Waals surface area (Å²) in [6.07, 6.45) is 2.01. The first-order valence-electron chi connectivity index (χ1n) is 8.17. The minimum absolute atomic E-state index is 0.105. The van der Waals surface area contributed by atoms with Crippen LogP contribution in [0.15, 0.2) is 54.6 Å². The summed E-state index contributed by atoms with van der Waals surface area (Å²) in [7, 11) is 0. The Balaban J connectivity index is 0.000000185.